The molecule has 2 aliphatic heterocycles. The maximum absolute atomic E-state index is 13.1. The fraction of sp³-hybridized carbons (Fsp3) is 0.368. The average molecular weight is 365 g/mol. The van der Waals surface area contributed by atoms with Crippen molar-refractivity contribution in [2.45, 2.75) is 24.9 Å². The number of benzene rings is 1. The molecule has 1 aromatic carbocycles. The van der Waals surface area contributed by atoms with E-state index >= 15 is 0 Å². The van der Waals surface area contributed by atoms with Crippen LogP contribution in [0.1, 0.15) is 18.5 Å². The predicted molar refractivity (Wildman–Crippen MR) is 98.2 cm³/mol. The van der Waals surface area contributed by atoms with Crippen molar-refractivity contribution >= 4 is 16.8 Å². The lowest BCUT2D eigenvalue weighted by Gasteiger charge is -2.42. The van der Waals surface area contributed by atoms with E-state index in [9.17, 15) is 14.4 Å². The number of nitrogens with zero attached hydrogens (tertiary/aromatic N) is 4. The number of carbonyl (C=O) groups excluding carboxylic acids is 1. The molecule has 6 rings (SSSR count). The van der Waals surface area contributed by atoms with Crippen LogP contribution in [0.25, 0.3) is 10.9 Å². The summed E-state index contributed by atoms with van der Waals surface area (Å²) in [6.07, 6.45) is 3.54. The molecule has 2 bridgehead atoms. The number of fused-ring (bicyclic) bond motifs is 2. The first-order chi connectivity index (χ1) is 13.0. The highest BCUT2D eigenvalue weighted by Gasteiger charge is 2.59. The van der Waals surface area contributed by atoms with Gasteiger partial charge in [-0.05, 0) is 37.0 Å². The topological polar surface area (TPSA) is 93.0 Å². The Morgan fingerprint density at radius 3 is 2.78 bits per heavy atom. The number of hydrogen-bond donors (Lipinski definition) is 1. The smallest absolute Gasteiger partial charge is 0.329 e. The molecule has 1 N–H and O–H groups in total. The van der Waals surface area contributed by atoms with Crippen LogP contribution in [0.5, 0.6) is 0 Å². The Morgan fingerprint density at radius 2 is 2.04 bits per heavy atom. The summed E-state index contributed by atoms with van der Waals surface area (Å²) in [6.45, 7) is 0.398. The molecular weight excluding hydrogens is 346 g/mol. The van der Waals surface area contributed by atoms with E-state index in [1.54, 1.807) is 35.1 Å². The standard InChI is InChI=1S/C19H19N5O3/c1-22-15(6-7-20-22)19-8-12(9-19)10-24(19)16(25)11-23-17(26)13-4-2-3-5-14(13)21-18(23)27/h2-7,12H,8-11H2,1H3,(H,21,27). The van der Waals surface area contributed by atoms with Gasteiger partial charge in [-0.3, -0.25) is 18.8 Å². The fourth-order valence-corrected chi connectivity index (χ4v) is 4.76. The summed E-state index contributed by atoms with van der Waals surface area (Å²) in [5.41, 5.74) is 0.118. The SMILES string of the molecule is Cn1nccc1C12CC(CN1C(=O)Cn1c(=O)[nH]c3ccccc3c1=O)C2. The van der Waals surface area contributed by atoms with Crippen LogP contribution in [-0.4, -0.2) is 36.7 Å². The van der Waals surface area contributed by atoms with Gasteiger partial charge in [0, 0.05) is 19.8 Å². The van der Waals surface area contributed by atoms with Gasteiger partial charge in [0.05, 0.1) is 22.1 Å². The second-order valence-corrected chi connectivity index (χ2v) is 7.52. The van der Waals surface area contributed by atoms with Gasteiger partial charge in [-0.1, -0.05) is 12.1 Å². The van der Waals surface area contributed by atoms with Crippen LogP contribution in [-0.2, 0) is 23.9 Å². The molecule has 0 atom stereocenters. The molecule has 3 aliphatic rings. The summed E-state index contributed by atoms with van der Waals surface area (Å²) in [5.74, 6) is 0.259. The average Bonchev–Trinajstić information content (AvgIpc) is 3.30. The minimum atomic E-state index is -0.562. The summed E-state index contributed by atoms with van der Waals surface area (Å²) in [5, 5.41) is 4.64. The van der Waals surface area contributed by atoms with Gasteiger partial charge in [0.25, 0.3) is 5.56 Å². The van der Waals surface area contributed by atoms with Crippen molar-refractivity contribution < 1.29 is 4.79 Å². The number of hydrogen-bond acceptors (Lipinski definition) is 4. The van der Waals surface area contributed by atoms with Crippen LogP contribution < -0.4 is 11.2 Å². The van der Waals surface area contributed by atoms with Crippen LogP contribution in [0.2, 0.25) is 0 Å². The number of carbonyl (C=O) groups is 1. The molecule has 138 valence electrons. The summed E-state index contributed by atoms with van der Waals surface area (Å²) >= 11 is 0. The molecule has 8 heteroatoms. The first kappa shape index (κ1) is 16.0. The highest BCUT2D eigenvalue weighted by Crippen LogP contribution is 2.56. The quantitative estimate of drug-likeness (QED) is 0.734. The van der Waals surface area contributed by atoms with E-state index in [1.807, 2.05) is 18.0 Å². The fourth-order valence-electron chi connectivity index (χ4n) is 4.76. The molecular formula is C19H19N5O3. The molecule has 3 aromatic rings. The van der Waals surface area contributed by atoms with Gasteiger partial charge in [0.15, 0.2) is 0 Å². The Labute approximate surface area is 154 Å². The predicted octanol–water partition coefficient (Wildman–Crippen LogP) is 0.571. The molecule has 1 amide bonds. The molecule has 1 aliphatic carbocycles. The number of rotatable bonds is 3. The number of nitrogens with one attached hydrogen (secondary N) is 1. The van der Waals surface area contributed by atoms with E-state index in [1.165, 1.54) is 0 Å². The van der Waals surface area contributed by atoms with Gasteiger partial charge in [0.2, 0.25) is 5.91 Å². The van der Waals surface area contributed by atoms with Gasteiger partial charge in [-0.25, -0.2) is 4.79 Å². The van der Waals surface area contributed by atoms with E-state index in [0.29, 0.717) is 23.4 Å². The molecule has 0 spiro atoms. The Bertz CT molecular complexity index is 1180. The van der Waals surface area contributed by atoms with Gasteiger partial charge in [-0.2, -0.15) is 5.10 Å². The lowest BCUT2D eigenvalue weighted by atomic mass is 9.71. The molecule has 2 aromatic heterocycles. The minimum Gasteiger partial charge on any atom is -0.330 e. The maximum atomic E-state index is 13.1. The number of aromatic nitrogens is 4. The Balaban J connectivity index is 1.51. The first-order valence-electron chi connectivity index (χ1n) is 9.00. The van der Waals surface area contributed by atoms with Crippen molar-refractivity contribution in [1.29, 1.82) is 0 Å². The highest BCUT2D eigenvalue weighted by molar-refractivity contribution is 5.80. The molecule has 0 radical (unpaired) electrons. The number of amides is 1. The van der Waals surface area contributed by atoms with E-state index in [0.717, 1.165) is 23.1 Å². The summed E-state index contributed by atoms with van der Waals surface area (Å²) in [4.78, 5) is 42.7. The molecule has 1 saturated carbocycles. The van der Waals surface area contributed by atoms with Crippen molar-refractivity contribution in [3.05, 3.63) is 63.1 Å². The zero-order chi connectivity index (χ0) is 18.8. The van der Waals surface area contributed by atoms with Crippen LogP contribution >= 0.6 is 0 Å². The lowest BCUT2D eigenvalue weighted by molar-refractivity contribution is -0.136. The number of aryl methyl sites for hydroxylation is 1. The summed E-state index contributed by atoms with van der Waals surface area (Å²) in [7, 11) is 1.87. The Morgan fingerprint density at radius 1 is 1.26 bits per heavy atom. The third-order valence-electron chi connectivity index (χ3n) is 5.99. The number of H-pyrrole nitrogens is 1. The summed E-state index contributed by atoms with van der Waals surface area (Å²) < 4.78 is 2.80. The zero-order valence-electron chi connectivity index (χ0n) is 14.9. The lowest BCUT2D eigenvalue weighted by Crippen LogP contribution is -2.49. The number of aromatic amines is 1. The van der Waals surface area contributed by atoms with Crippen molar-refractivity contribution in [2.24, 2.45) is 13.0 Å². The van der Waals surface area contributed by atoms with E-state index in [2.05, 4.69) is 10.1 Å². The molecule has 2 saturated heterocycles. The first-order valence-corrected chi connectivity index (χ1v) is 9.00. The second kappa shape index (κ2) is 5.42. The van der Waals surface area contributed by atoms with Gasteiger partial charge in [-0.15, -0.1) is 0 Å². The molecule has 3 fully saturated rings. The van der Waals surface area contributed by atoms with Gasteiger partial charge < -0.3 is 9.88 Å². The maximum Gasteiger partial charge on any atom is 0.329 e. The third-order valence-corrected chi connectivity index (χ3v) is 5.99. The third kappa shape index (κ3) is 2.16. The Hall–Kier alpha value is -3.16. The van der Waals surface area contributed by atoms with E-state index in [4.69, 9.17) is 0 Å². The minimum absolute atomic E-state index is 0.209. The van der Waals surface area contributed by atoms with Gasteiger partial charge >= 0.3 is 5.69 Å². The van der Waals surface area contributed by atoms with E-state index < -0.39 is 11.2 Å². The van der Waals surface area contributed by atoms with E-state index in [-0.39, 0.29) is 18.0 Å². The van der Waals surface area contributed by atoms with Crippen LogP contribution in [0.4, 0.5) is 0 Å². The largest absolute Gasteiger partial charge is 0.330 e. The summed E-state index contributed by atoms with van der Waals surface area (Å²) in [6, 6.07) is 8.76. The number of para-hydroxylation sites is 1. The van der Waals surface area contributed by atoms with Crippen molar-refractivity contribution in [3.63, 3.8) is 0 Å². The second-order valence-electron chi connectivity index (χ2n) is 7.52. The van der Waals surface area contributed by atoms with Crippen molar-refractivity contribution in [3.8, 4) is 0 Å². The molecule has 0 unspecified atom stereocenters. The van der Waals surface area contributed by atoms with Crippen LogP contribution in [0, 0.1) is 5.92 Å². The van der Waals surface area contributed by atoms with Crippen LogP contribution in [0.3, 0.4) is 0 Å². The Kier molecular flexibility index (Phi) is 3.22. The van der Waals surface area contributed by atoms with Crippen molar-refractivity contribution in [1.82, 2.24) is 24.2 Å². The molecule has 27 heavy (non-hydrogen) atoms. The van der Waals surface area contributed by atoms with Crippen LogP contribution in [0.15, 0.2) is 46.1 Å². The molecule has 4 heterocycles. The molecule has 8 nitrogen and oxygen atoms in total. The zero-order valence-corrected chi connectivity index (χ0v) is 14.9. The van der Waals surface area contributed by atoms with Gasteiger partial charge in [0.1, 0.15) is 6.54 Å². The normalized spacial score (nSPS) is 23.6. The van der Waals surface area contributed by atoms with Crippen molar-refractivity contribution in [2.75, 3.05) is 6.54 Å². The highest BCUT2D eigenvalue weighted by atomic mass is 16.2. The monoisotopic (exact) mass is 365 g/mol.